The maximum Gasteiger partial charge on any atom is 0.138 e. The van der Waals surface area contributed by atoms with Crippen molar-refractivity contribution < 1.29 is 0 Å². The van der Waals surface area contributed by atoms with Crippen LogP contribution in [0.2, 0.25) is 0 Å². The highest BCUT2D eigenvalue weighted by molar-refractivity contribution is 6.13. The van der Waals surface area contributed by atoms with Gasteiger partial charge in [-0.05, 0) is 112 Å². The summed E-state index contributed by atoms with van der Waals surface area (Å²) in [5, 5.41) is 5.88. The lowest BCUT2D eigenvalue weighted by molar-refractivity contribution is 1.08. The lowest BCUT2D eigenvalue weighted by atomic mass is 9.97. The van der Waals surface area contributed by atoms with Crippen molar-refractivity contribution >= 4 is 65.5 Å². The molecule has 14 rings (SSSR count). The van der Waals surface area contributed by atoms with Gasteiger partial charge in [-0.25, -0.2) is 15.0 Å². The first-order chi connectivity index (χ1) is 34.2. The summed E-state index contributed by atoms with van der Waals surface area (Å²) < 4.78 is 6.98. The predicted molar refractivity (Wildman–Crippen MR) is 285 cm³/mol. The smallest absolute Gasteiger partial charge is 0.138 e. The molecule has 0 bridgehead atoms. The third-order valence-electron chi connectivity index (χ3n) is 13.8. The molecule has 6 nitrogen and oxygen atoms in total. The molecule has 0 atom stereocenters. The van der Waals surface area contributed by atoms with Crippen molar-refractivity contribution in [2.24, 2.45) is 0 Å². The standard InChI is InChI=1S/C63H40N6/c1-4-15-41(16-5-1)47-35-55(42-17-6-2-7-18-42)66-62(37-47)69-57-26-13-10-23-50(57)52-30-27-46(36-60(52)69)44-20-14-19-43(33-44)45-28-31-58-53(34-45)51-24-11-12-25-56(51)68(58)49-29-32-59-54(38-49)63-61(39-64-40-65-63)67(59)48-21-8-3-9-22-48/h1-40H. The van der Waals surface area contributed by atoms with Crippen LogP contribution in [0, 0.1) is 0 Å². The summed E-state index contributed by atoms with van der Waals surface area (Å²) in [7, 11) is 0. The zero-order chi connectivity index (χ0) is 45.4. The van der Waals surface area contributed by atoms with Gasteiger partial charge in [0, 0.05) is 43.9 Å². The minimum absolute atomic E-state index is 0.882. The number of rotatable bonds is 7. The van der Waals surface area contributed by atoms with Crippen LogP contribution < -0.4 is 0 Å². The molecule has 0 radical (unpaired) electrons. The third kappa shape index (κ3) is 6.30. The van der Waals surface area contributed by atoms with Gasteiger partial charge >= 0.3 is 0 Å². The zero-order valence-electron chi connectivity index (χ0n) is 37.3. The second kappa shape index (κ2) is 15.6. The fourth-order valence-corrected chi connectivity index (χ4v) is 10.6. The summed E-state index contributed by atoms with van der Waals surface area (Å²) in [5.74, 6) is 0.882. The summed E-state index contributed by atoms with van der Waals surface area (Å²) in [4.78, 5) is 14.6. The summed E-state index contributed by atoms with van der Waals surface area (Å²) in [6.07, 6.45) is 3.55. The summed E-state index contributed by atoms with van der Waals surface area (Å²) in [6, 6.07) is 82.8. The van der Waals surface area contributed by atoms with Crippen LogP contribution in [0.3, 0.4) is 0 Å². The molecule has 0 saturated carbocycles. The number of benzene rings is 9. The molecule has 0 spiro atoms. The number of hydrogen-bond donors (Lipinski definition) is 0. The van der Waals surface area contributed by atoms with E-state index in [0.717, 1.165) is 106 Å². The molecule has 5 heterocycles. The van der Waals surface area contributed by atoms with Gasteiger partial charge in [0.2, 0.25) is 0 Å². The maximum absolute atomic E-state index is 5.39. The van der Waals surface area contributed by atoms with Gasteiger partial charge in [-0.2, -0.15) is 0 Å². The van der Waals surface area contributed by atoms with Gasteiger partial charge in [-0.15, -0.1) is 0 Å². The lowest BCUT2D eigenvalue weighted by Gasteiger charge is -2.13. The molecule has 0 aliphatic rings. The number of pyridine rings is 1. The van der Waals surface area contributed by atoms with Gasteiger partial charge in [0.05, 0.1) is 50.5 Å². The van der Waals surface area contributed by atoms with E-state index in [2.05, 4.69) is 243 Å². The van der Waals surface area contributed by atoms with E-state index in [0.29, 0.717) is 0 Å². The average molecular weight is 881 g/mol. The quantitative estimate of drug-likeness (QED) is 0.160. The van der Waals surface area contributed by atoms with Gasteiger partial charge in [0.1, 0.15) is 12.1 Å². The van der Waals surface area contributed by atoms with E-state index in [1.807, 2.05) is 12.3 Å². The van der Waals surface area contributed by atoms with Crippen molar-refractivity contribution in [2.45, 2.75) is 0 Å². The molecule has 9 aromatic carbocycles. The van der Waals surface area contributed by atoms with Crippen LogP contribution in [0.5, 0.6) is 0 Å². The van der Waals surface area contributed by atoms with E-state index in [9.17, 15) is 0 Å². The molecule has 0 amide bonds. The van der Waals surface area contributed by atoms with Crippen LogP contribution in [0.15, 0.2) is 243 Å². The molecule has 0 fully saturated rings. The van der Waals surface area contributed by atoms with Crippen LogP contribution in [0.4, 0.5) is 0 Å². The first-order valence-electron chi connectivity index (χ1n) is 23.3. The Morgan fingerprint density at radius 2 is 0.855 bits per heavy atom. The Kier molecular flexibility index (Phi) is 8.79. The Bertz CT molecular complexity index is 4240. The summed E-state index contributed by atoms with van der Waals surface area (Å²) >= 11 is 0. The molecule has 0 aliphatic carbocycles. The Balaban J connectivity index is 0.889. The largest absolute Gasteiger partial charge is 0.309 e. The van der Waals surface area contributed by atoms with E-state index in [4.69, 9.17) is 9.97 Å². The molecule has 0 aliphatic heterocycles. The van der Waals surface area contributed by atoms with Crippen LogP contribution in [-0.4, -0.2) is 28.7 Å². The zero-order valence-corrected chi connectivity index (χ0v) is 37.3. The van der Waals surface area contributed by atoms with Crippen molar-refractivity contribution in [1.82, 2.24) is 28.7 Å². The molecule has 6 heteroatoms. The van der Waals surface area contributed by atoms with Crippen LogP contribution in [0.1, 0.15) is 0 Å². The number of nitrogens with zero attached hydrogens (tertiary/aromatic N) is 6. The van der Waals surface area contributed by atoms with Crippen molar-refractivity contribution in [1.29, 1.82) is 0 Å². The topological polar surface area (TPSA) is 53.5 Å². The first kappa shape index (κ1) is 38.8. The normalized spacial score (nSPS) is 11.8. The average Bonchev–Trinajstić information content (AvgIpc) is 4.06. The number of para-hydroxylation sites is 3. The van der Waals surface area contributed by atoms with Crippen LogP contribution >= 0.6 is 0 Å². The highest BCUT2D eigenvalue weighted by Crippen LogP contribution is 2.40. The van der Waals surface area contributed by atoms with E-state index >= 15 is 0 Å². The molecule has 5 aromatic heterocycles. The van der Waals surface area contributed by atoms with Gasteiger partial charge in [-0.1, -0.05) is 152 Å². The van der Waals surface area contributed by atoms with E-state index in [1.165, 1.54) is 21.5 Å². The third-order valence-corrected chi connectivity index (χ3v) is 13.8. The van der Waals surface area contributed by atoms with E-state index < -0.39 is 0 Å². The minimum atomic E-state index is 0.882. The molecule has 0 saturated heterocycles. The highest BCUT2D eigenvalue weighted by atomic mass is 15.1. The number of fused-ring (bicyclic) bond motifs is 9. The predicted octanol–water partition coefficient (Wildman–Crippen LogP) is 15.8. The second-order valence-electron chi connectivity index (χ2n) is 17.7. The maximum atomic E-state index is 5.39. The second-order valence-corrected chi connectivity index (χ2v) is 17.7. The molecule has 14 aromatic rings. The fourth-order valence-electron chi connectivity index (χ4n) is 10.6. The number of aromatic nitrogens is 6. The van der Waals surface area contributed by atoms with Gasteiger partial charge in [-0.3, -0.25) is 4.57 Å². The van der Waals surface area contributed by atoms with E-state index in [1.54, 1.807) is 6.33 Å². The Morgan fingerprint density at radius 3 is 1.64 bits per heavy atom. The molecule has 0 N–H and O–H groups in total. The molecule has 69 heavy (non-hydrogen) atoms. The first-order valence-corrected chi connectivity index (χ1v) is 23.3. The van der Waals surface area contributed by atoms with Gasteiger partial charge in [0.25, 0.3) is 0 Å². The van der Waals surface area contributed by atoms with Gasteiger partial charge < -0.3 is 9.13 Å². The molecule has 0 unspecified atom stereocenters. The fraction of sp³-hybridized carbons (Fsp3) is 0. The Hall–Kier alpha value is -9.39. The van der Waals surface area contributed by atoms with Crippen molar-refractivity contribution in [2.75, 3.05) is 0 Å². The monoisotopic (exact) mass is 880 g/mol. The van der Waals surface area contributed by atoms with Crippen molar-refractivity contribution in [3.8, 4) is 61.8 Å². The number of hydrogen-bond acceptors (Lipinski definition) is 3. The lowest BCUT2D eigenvalue weighted by Crippen LogP contribution is -2.00. The minimum Gasteiger partial charge on any atom is -0.309 e. The summed E-state index contributed by atoms with van der Waals surface area (Å²) in [5.41, 5.74) is 18.6. The highest BCUT2D eigenvalue weighted by Gasteiger charge is 2.20. The Morgan fingerprint density at radius 1 is 0.290 bits per heavy atom. The summed E-state index contributed by atoms with van der Waals surface area (Å²) in [6.45, 7) is 0. The molecular formula is C63H40N6. The van der Waals surface area contributed by atoms with Crippen molar-refractivity contribution in [3.05, 3.63) is 243 Å². The van der Waals surface area contributed by atoms with Gasteiger partial charge in [0.15, 0.2) is 0 Å². The molecular weight excluding hydrogens is 841 g/mol. The van der Waals surface area contributed by atoms with Crippen molar-refractivity contribution in [3.63, 3.8) is 0 Å². The SMILES string of the molecule is c1ccc(-c2cc(-c3ccccc3)nc(-n3c4ccccc4c4ccc(-c5cccc(-c6ccc7c(c6)c6ccccc6n7-c6ccc7c(c6)c6ncncc6n7-c6ccccc6)c5)cc43)c2)cc1. The Labute approximate surface area is 397 Å². The van der Waals surface area contributed by atoms with E-state index in [-0.39, 0.29) is 0 Å². The molecule has 322 valence electrons. The van der Waals surface area contributed by atoms with Crippen LogP contribution in [-0.2, 0) is 0 Å². The van der Waals surface area contributed by atoms with Crippen LogP contribution in [0.25, 0.3) is 127 Å².